The van der Waals surface area contributed by atoms with Crippen LogP contribution in [0.4, 0.5) is 17.6 Å². The first-order valence-corrected chi connectivity index (χ1v) is 7.50. The predicted molar refractivity (Wildman–Crippen MR) is 69.4 cm³/mol. The molecule has 0 aliphatic rings. The van der Waals surface area contributed by atoms with E-state index in [0.29, 0.717) is 5.56 Å². The molecular weight excluding hydrogens is 312 g/mol. The summed E-state index contributed by atoms with van der Waals surface area (Å²) in [5.74, 6) is -1.12. The lowest BCUT2D eigenvalue weighted by atomic mass is 10.2. The Balaban J connectivity index is 3.30. The third-order valence-electron chi connectivity index (χ3n) is 2.73. The highest BCUT2D eigenvalue weighted by molar-refractivity contribution is 7.89. The van der Waals surface area contributed by atoms with Gasteiger partial charge in [0.05, 0.1) is 0 Å². The minimum atomic E-state index is -4.72. The zero-order valence-corrected chi connectivity index (χ0v) is 12.3. The largest absolute Gasteiger partial charge is 0.402 e. The molecule has 0 atom stereocenters. The fraction of sp³-hybridized carbons (Fsp3) is 0.500. The van der Waals surface area contributed by atoms with Crippen LogP contribution in [0.15, 0.2) is 23.1 Å². The van der Waals surface area contributed by atoms with Gasteiger partial charge in [-0.1, -0.05) is 6.07 Å². The number of sulfonamides is 1. The molecule has 0 saturated carbocycles. The van der Waals surface area contributed by atoms with Gasteiger partial charge in [-0.2, -0.15) is 17.5 Å². The maximum atomic E-state index is 13.8. The molecule has 1 aromatic carbocycles. The van der Waals surface area contributed by atoms with E-state index in [1.807, 2.05) is 0 Å². The molecule has 0 heterocycles. The van der Waals surface area contributed by atoms with E-state index in [2.05, 4.69) is 0 Å². The Morgan fingerprint density at radius 1 is 1.29 bits per heavy atom. The minimum Gasteiger partial charge on any atom is -0.326 e. The zero-order chi connectivity index (χ0) is 16.4. The number of benzene rings is 1. The van der Waals surface area contributed by atoms with E-state index < -0.39 is 39.5 Å². The van der Waals surface area contributed by atoms with Crippen molar-refractivity contribution >= 4 is 10.0 Å². The summed E-state index contributed by atoms with van der Waals surface area (Å²) < 4.78 is 76.1. The van der Waals surface area contributed by atoms with E-state index >= 15 is 0 Å². The zero-order valence-electron chi connectivity index (χ0n) is 11.5. The summed E-state index contributed by atoms with van der Waals surface area (Å²) in [4.78, 5) is -0.794. The lowest BCUT2D eigenvalue weighted by molar-refractivity contribution is -0.138. The molecule has 0 amide bonds. The third-order valence-corrected chi connectivity index (χ3v) is 4.78. The molecule has 120 valence electrons. The summed E-state index contributed by atoms with van der Waals surface area (Å²) in [5, 5.41) is 0. The molecule has 0 unspecified atom stereocenters. The third kappa shape index (κ3) is 4.39. The number of hydrogen-bond donors (Lipinski definition) is 1. The molecule has 0 aliphatic carbocycles. The van der Waals surface area contributed by atoms with Gasteiger partial charge in [-0.25, -0.2) is 12.8 Å². The molecule has 0 saturated heterocycles. The normalized spacial score (nSPS) is 13.2. The van der Waals surface area contributed by atoms with Crippen molar-refractivity contribution in [3.8, 4) is 0 Å². The molecule has 9 heteroatoms. The fourth-order valence-electron chi connectivity index (χ4n) is 1.73. The van der Waals surface area contributed by atoms with Crippen molar-refractivity contribution in [1.82, 2.24) is 4.31 Å². The van der Waals surface area contributed by atoms with E-state index in [4.69, 9.17) is 5.73 Å². The van der Waals surface area contributed by atoms with Crippen molar-refractivity contribution in [3.63, 3.8) is 0 Å². The fourth-order valence-corrected chi connectivity index (χ4v) is 3.40. The van der Waals surface area contributed by atoms with Crippen molar-refractivity contribution in [2.45, 2.75) is 37.5 Å². The highest BCUT2D eigenvalue weighted by Crippen LogP contribution is 2.26. The van der Waals surface area contributed by atoms with Crippen molar-refractivity contribution in [2.24, 2.45) is 5.73 Å². The molecule has 21 heavy (non-hydrogen) atoms. The van der Waals surface area contributed by atoms with Crippen LogP contribution in [0, 0.1) is 5.82 Å². The van der Waals surface area contributed by atoms with Gasteiger partial charge in [0.2, 0.25) is 10.0 Å². The smallest absolute Gasteiger partial charge is 0.326 e. The van der Waals surface area contributed by atoms with Crippen molar-refractivity contribution in [3.05, 3.63) is 29.6 Å². The molecule has 1 aromatic rings. The van der Waals surface area contributed by atoms with Gasteiger partial charge in [0, 0.05) is 12.6 Å². The summed E-state index contributed by atoms with van der Waals surface area (Å²) in [6.45, 7) is 0.893. The summed E-state index contributed by atoms with van der Waals surface area (Å²) in [6, 6.07) is 2.13. The highest BCUT2D eigenvalue weighted by Gasteiger charge is 2.39. The Morgan fingerprint density at radius 2 is 1.86 bits per heavy atom. The lowest BCUT2D eigenvalue weighted by Crippen LogP contribution is -2.43. The Morgan fingerprint density at radius 3 is 2.24 bits per heavy atom. The van der Waals surface area contributed by atoms with Crippen LogP contribution in [-0.2, 0) is 16.6 Å². The maximum Gasteiger partial charge on any atom is 0.402 e. The molecule has 0 radical (unpaired) electrons. The van der Waals surface area contributed by atoms with Crippen LogP contribution in [0.2, 0.25) is 0 Å². The average molecular weight is 328 g/mol. The summed E-state index contributed by atoms with van der Waals surface area (Å²) in [7, 11) is -4.59. The Labute approximate surface area is 120 Å². The van der Waals surface area contributed by atoms with E-state index in [9.17, 15) is 26.0 Å². The molecule has 0 spiro atoms. The first kappa shape index (κ1) is 17.9. The number of nitrogens with two attached hydrogens (primary N) is 1. The Hall–Kier alpha value is -1.19. The Bertz CT molecular complexity index is 600. The second kappa shape index (κ2) is 6.29. The van der Waals surface area contributed by atoms with E-state index in [0.717, 1.165) is 12.1 Å². The molecule has 0 aliphatic heterocycles. The van der Waals surface area contributed by atoms with Gasteiger partial charge >= 0.3 is 6.18 Å². The van der Waals surface area contributed by atoms with Crippen LogP contribution in [0.3, 0.4) is 0 Å². The van der Waals surface area contributed by atoms with Crippen LogP contribution >= 0.6 is 0 Å². The SMILES string of the molecule is CC(C)N(CC(F)(F)F)S(=O)(=O)c1ccc(CN)cc1F. The lowest BCUT2D eigenvalue weighted by Gasteiger charge is -2.27. The molecule has 0 bridgehead atoms. The van der Waals surface area contributed by atoms with E-state index in [-0.39, 0.29) is 10.8 Å². The summed E-state index contributed by atoms with van der Waals surface area (Å²) in [6.07, 6.45) is -4.72. The van der Waals surface area contributed by atoms with Crippen molar-refractivity contribution < 1.29 is 26.0 Å². The average Bonchev–Trinajstić information content (AvgIpc) is 2.33. The van der Waals surface area contributed by atoms with Gasteiger partial charge in [-0.15, -0.1) is 0 Å². The van der Waals surface area contributed by atoms with Gasteiger partial charge in [0.15, 0.2) is 0 Å². The minimum absolute atomic E-state index is 0.00626. The van der Waals surface area contributed by atoms with Gasteiger partial charge in [0.25, 0.3) is 0 Å². The van der Waals surface area contributed by atoms with E-state index in [1.54, 1.807) is 0 Å². The van der Waals surface area contributed by atoms with Crippen LogP contribution in [0.5, 0.6) is 0 Å². The quantitative estimate of drug-likeness (QED) is 0.843. The standard InChI is InChI=1S/C12H16F4N2O2S/c1-8(2)18(7-12(14,15)16)21(19,20)11-4-3-9(6-17)5-10(11)13/h3-5,8H,6-7,17H2,1-2H3. The van der Waals surface area contributed by atoms with Gasteiger partial charge in [-0.05, 0) is 31.5 Å². The first-order valence-electron chi connectivity index (χ1n) is 6.06. The van der Waals surface area contributed by atoms with Crippen LogP contribution in [0.1, 0.15) is 19.4 Å². The van der Waals surface area contributed by atoms with E-state index in [1.165, 1.54) is 19.9 Å². The van der Waals surface area contributed by atoms with Gasteiger partial charge < -0.3 is 5.73 Å². The summed E-state index contributed by atoms with van der Waals surface area (Å²) in [5.41, 5.74) is 5.64. The number of alkyl halides is 3. The second-order valence-corrected chi connectivity index (χ2v) is 6.59. The number of hydrogen-bond acceptors (Lipinski definition) is 3. The topological polar surface area (TPSA) is 63.4 Å². The molecule has 0 aromatic heterocycles. The van der Waals surface area contributed by atoms with Crippen LogP contribution in [0.25, 0.3) is 0 Å². The highest BCUT2D eigenvalue weighted by atomic mass is 32.2. The second-order valence-electron chi connectivity index (χ2n) is 4.73. The van der Waals surface area contributed by atoms with Crippen LogP contribution < -0.4 is 5.73 Å². The molecular formula is C12H16F4N2O2S. The number of halogens is 4. The monoisotopic (exact) mass is 328 g/mol. The molecule has 0 fully saturated rings. The predicted octanol–water partition coefficient (Wildman–Crippen LogP) is 2.25. The Kier molecular flexibility index (Phi) is 5.35. The summed E-state index contributed by atoms with van der Waals surface area (Å²) >= 11 is 0. The van der Waals surface area contributed by atoms with Gasteiger partial charge in [-0.3, -0.25) is 0 Å². The molecule has 1 rings (SSSR count). The number of rotatable bonds is 5. The molecule has 2 N–H and O–H groups in total. The van der Waals surface area contributed by atoms with Crippen molar-refractivity contribution in [1.29, 1.82) is 0 Å². The van der Waals surface area contributed by atoms with Crippen molar-refractivity contribution in [2.75, 3.05) is 6.54 Å². The van der Waals surface area contributed by atoms with Crippen LogP contribution in [-0.4, -0.2) is 31.5 Å². The maximum absolute atomic E-state index is 13.8. The first-order chi connectivity index (χ1) is 9.49. The molecule has 4 nitrogen and oxygen atoms in total. The number of nitrogens with zero attached hydrogens (tertiary/aromatic N) is 1. The van der Waals surface area contributed by atoms with Gasteiger partial charge in [0.1, 0.15) is 17.3 Å².